The maximum absolute atomic E-state index is 13.9. The summed E-state index contributed by atoms with van der Waals surface area (Å²) in [5.41, 5.74) is 1.24. The minimum Gasteiger partial charge on any atom is -0.492 e. The van der Waals surface area contributed by atoms with Crippen molar-refractivity contribution in [2.45, 2.75) is 24.8 Å². The molecule has 1 amide bonds. The van der Waals surface area contributed by atoms with Crippen molar-refractivity contribution in [2.24, 2.45) is 0 Å². The Morgan fingerprint density at radius 2 is 1.82 bits per heavy atom. The third-order valence-electron chi connectivity index (χ3n) is 6.83. The molecule has 1 aromatic heterocycles. The number of methoxy groups -OCH3 is 1. The van der Waals surface area contributed by atoms with E-state index in [4.69, 9.17) is 14.2 Å². The molecule has 0 saturated heterocycles. The Balaban J connectivity index is 1.66. The second kappa shape index (κ2) is 14.8. The van der Waals surface area contributed by atoms with Crippen LogP contribution in [0.25, 0.3) is 0 Å². The zero-order chi connectivity index (χ0) is 32.7. The monoisotopic (exact) mass is 650 g/mol. The number of hydrogen-bond donors (Lipinski definition) is 2. The third-order valence-corrected chi connectivity index (χ3v) is 8.66. The standard InChI is InChI=1S/C29H36F2N6O7S/c1-5-43-29(39)37-26-8-10-36(45(40,41)22-15-19(30)14-20(31)16-22)18-24(26)27(34-37)33-28(38)23-7-6-21(44-13-11-35(2)3)17-25(23)32-9-12-42-4/h6-7,14-17,32H,5,8-13,18H2,1-4H3,(H,33,34,38). The highest BCUT2D eigenvalue weighted by molar-refractivity contribution is 7.89. The molecule has 2 aromatic carbocycles. The Labute approximate surface area is 260 Å². The van der Waals surface area contributed by atoms with E-state index in [1.807, 2.05) is 19.0 Å². The molecule has 244 valence electrons. The number of fused-ring (bicyclic) bond motifs is 1. The van der Waals surface area contributed by atoms with E-state index in [0.717, 1.165) is 21.1 Å². The quantitative estimate of drug-likeness (QED) is 0.265. The number of likely N-dealkylation sites (N-methyl/N-ethyl adjacent to an activating group) is 1. The zero-order valence-electron chi connectivity index (χ0n) is 25.4. The highest BCUT2D eigenvalue weighted by atomic mass is 32.2. The van der Waals surface area contributed by atoms with Crippen LogP contribution < -0.4 is 15.4 Å². The first-order chi connectivity index (χ1) is 21.4. The van der Waals surface area contributed by atoms with Crippen LogP contribution >= 0.6 is 0 Å². The van der Waals surface area contributed by atoms with Crippen LogP contribution in [0.5, 0.6) is 5.75 Å². The van der Waals surface area contributed by atoms with Gasteiger partial charge in [-0.25, -0.2) is 22.0 Å². The van der Waals surface area contributed by atoms with Gasteiger partial charge >= 0.3 is 6.09 Å². The van der Waals surface area contributed by atoms with Crippen molar-refractivity contribution in [1.82, 2.24) is 19.0 Å². The number of amides is 1. The second-order valence-corrected chi connectivity index (χ2v) is 12.2. The summed E-state index contributed by atoms with van der Waals surface area (Å²) in [5, 5.41) is 10.1. The molecule has 1 aliphatic rings. The topological polar surface area (TPSA) is 144 Å². The van der Waals surface area contributed by atoms with Gasteiger partial charge in [0.1, 0.15) is 24.0 Å². The van der Waals surface area contributed by atoms with Crippen molar-refractivity contribution < 1.29 is 41.0 Å². The SMILES string of the molecule is CCOC(=O)n1nc(NC(=O)c2ccc(OCCN(C)C)cc2NCCOC)c2c1CCN(S(=O)(=O)c1cc(F)cc(F)c1)C2. The summed E-state index contributed by atoms with van der Waals surface area (Å²) in [5.74, 6) is -2.22. The highest BCUT2D eigenvalue weighted by Gasteiger charge is 2.35. The Bertz CT molecular complexity index is 1630. The van der Waals surface area contributed by atoms with Crippen LogP contribution in [0.1, 0.15) is 28.5 Å². The lowest BCUT2D eigenvalue weighted by Gasteiger charge is -2.27. The molecule has 0 radical (unpaired) electrons. The number of carbonyl (C=O) groups excluding carboxylic acids is 2. The smallest absolute Gasteiger partial charge is 0.434 e. The number of nitrogens with zero attached hydrogens (tertiary/aromatic N) is 4. The molecule has 0 atom stereocenters. The molecule has 1 aliphatic heterocycles. The molecular weight excluding hydrogens is 614 g/mol. The Morgan fingerprint density at radius 1 is 1.09 bits per heavy atom. The van der Waals surface area contributed by atoms with Crippen molar-refractivity contribution in [3.05, 3.63) is 64.9 Å². The van der Waals surface area contributed by atoms with Gasteiger partial charge in [-0.1, -0.05) is 0 Å². The normalized spacial score (nSPS) is 13.4. The molecule has 45 heavy (non-hydrogen) atoms. The largest absolute Gasteiger partial charge is 0.492 e. The zero-order valence-corrected chi connectivity index (χ0v) is 26.2. The second-order valence-electron chi connectivity index (χ2n) is 10.3. The number of carbonyl (C=O) groups is 2. The van der Waals surface area contributed by atoms with Crippen LogP contribution in [0.2, 0.25) is 0 Å². The van der Waals surface area contributed by atoms with Gasteiger partial charge in [-0.2, -0.15) is 8.99 Å². The minimum absolute atomic E-state index is 0.0108. The Hall–Kier alpha value is -4.12. The van der Waals surface area contributed by atoms with Gasteiger partial charge in [-0.3, -0.25) is 4.79 Å². The number of ether oxygens (including phenoxy) is 3. The molecule has 0 aliphatic carbocycles. The van der Waals surface area contributed by atoms with Crippen molar-refractivity contribution in [3.63, 3.8) is 0 Å². The summed E-state index contributed by atoms with van der Waals surface area (Å²) in [6.45, 7) is 3.09. The Morgan fingerprint density at radius 3 is 2.49 bits per heavy atom. The molecule has 2 N–H and O–H groups in total. The lowest BCUT2D eigenvalue weighted by molar-refractivity contribution is 0.102. The van der Waals surface area contributed by atoms with Gasteiger partial charge in [0.25, 0.3) is 5.91 Å². The molecule has 0 bridgehead atoms. The van der Waals surface area contributed by atoms with Crippen molar-refractivity contribution >= 4 is 33.5 Å². The van der Waals surface area contributed by atoms with Gasteiger partial charge in [0.15, 0.2) is 5.82 Å². The number of hydrogen-bond acceptors (Lipinski definition) is 10. The van der Waals surface area contributed by atoms with Gasteiger partial charge in [0, 0.05) is 57.4 Å². The molecule has 0 spiro atoms. The molecule has 0 unspecified atom stereocenters. The van der Waals surface area contributed by atoms with Crippen LogP contribution in [0, 0.1) is 11.6 Å². The van der Waals surface area contributed by atoms with Crippen LogP contribution in [-0.4, -0.2) is 100 Å². The van der Waals surface area contributed by atoms with Crippen LogP contribution in [0.3, 0.4) is 0 Å². The third kappa shape index (κ3) is 8.13. The van der Waals surface area contributed by atoms with Gasteiger partial charge in [0.05, 0.1) is 35.1 Å². The first-order valence-electron chi connectivity index (χ1n) is 14.1. The van der Waals surface area contributed by atoms with Crippen LogP contribution in [-0.2, 0) is 32.5 Å². The van der Waals surface area contributed by atoms with Crippen molar-refractivity contribution in [3.8, 4) is 5.75 Å². The average Bonchev–Trinajstić information content (AvgIpc) is 3.34. The number of benzene rings is 2. The van der Waals surface area contributed by atoms with E-state index in [1.54, 1.807) is 32.2 Å². The number of halogens is 2. The summed E-state index contributed by atoms with van der Waals surface area (Å²) < 4.78 is 72.6. The number of rotatable bonds is 13. The minimum atomic E-state index is -4.36. The molecule has 3 aromatic rings. The number of nitrogens with one attached hydrogen (secondary N) is 2. The van der Waals surface area contributed by atoms with E-state index in [2.05, 4.69) is 15.7 Å². The van der Waals surface area contributed by atoms with E-state index in [-0.39, 0.29) is 43.1 Å². The first kappa shape index (κ1) is 33.8. The van der Waals surface area contributed by atoms with Gasteiger partial charge in [-0.05, 0) is 45.3 Å². The van der Waals surface area contributed by atoms with E-state index in [0.29, 0.717) is 49.5 Å². The van der Waals surface area contributed by atoms with E-state index in [1.165, 1.54) is 0 Å². The molecule has 2 heterocycles. The van der Waals surface area contributed by atoms with Gasteiger partial charge < -0.3 is 29.7 Å². The molecule has 0 saturated carbocycles. The van der Waals surface area contributed by atoms with E-state index >= 15 is 0 Å². The van der Waals surface area contributed by atoms with E-state index < -0.39 is 38.6 Å². The van der Waals surface area contributed by atoms with Gasteiger partial charge in [-0.15, -0.1) is 5.10 Å². The van der Waals surface area contributed by atoms with Crippen LogP contribution in [0.15, 0.2) is 41.3 Å². The highest BCUT2D eigenvalue weighted by Crippen LogP contribution is 2.32. The molecule has 0 fully saturated rings. The predicted octanol–water partition coefficient (Wildman–Crippen LogP) is 3.16. The number of sulfonamides is 1. The maximum atomic E-state index is 13.9. The van der Waals surface area contributed by atoms with Crippen LogP contribution in [0.4, 0.5) is 25.1 Å². The summed E-state index contributed by atoms with van der Waals surface area (Å²) in [6, 6.07) is 6.92. The molecule has 16 heteroatoms. The van der Waals surface area contributed by atoms with Crippen molar-refractivity contribution in [1.29, 1.82) is 0 Å². The average molecular weight is 651 g/mol. The fraction of sp³-hybridized carbons (Fsp3) is 0.414. The maximum Gasteiger partial charge on any atom is 0.434 e. The van der Waals surface area contributed by atoms with Gasteiger partial charge in [0.2, 0.25) is 10.0 Å². The fourth-order valence-electron chi connectivity index (χ4n) is 4.63. The molecule has 13 nitrogen and oxygen atoms in total. The van der Waals surface area contributed by atoms with Crippen molar-refractivity contribution in [2.75, 3.05) is 71.3 Å². The number of aromatic nitrogens is 2. The predicted molar refractivity (Wildman–Crippen MR) is 161 cm³/mol. The number of anilines is 2. The summed E-state index contributed by atoms with van der Waals surface area (Å²) in [6.07, 6.45) is -0.796. The fourth-order valence-corrected chi connectivity index (χ4v) is 6.08. The van der Waals surface area contributed by atoms with E-state index in [9.17, 15) is 26.8 Å². The molecular formula is C29H36F2N6O7S. The molecule has 4 rings (SSSR count). The lowest BCUT2D eigenvalue weighted by atomic mass is 10.1. The Kier molecular flexibility index (Phi) is 11.1. The lowest BCUT2D eigenvalue weighted by Crippen LogP contribution is -2.37. The first-order valence-corrected chi connectivity index (χ1v) is 15.6. The summed E-state index contributed by atoms with van der Waals surface area (Å²) in [7, 11) is 1.04. The summed E-state index contributed by atoms with van der Waals surface area (Å²) in [4.78, 5) is 27.8. The summed E-state index contributed by atoms with van der Waals surface area (Å²) >= 11 is 0.